The van der Waals surface area contributed by atoms with Gasteiger partial charge in [0.1, 0.15) is 11.5 Å². The highest BCUT2D eigenvalue weighted by atomic mass is 16.5. The first-order valence-electron chi connectivity index (χ1n) is 4.92. The molecule has 0 aliphatic rings. The molecule has 1 heteroatoms. The maximum absolute atomic E-state index is 5.64. The van der Waals surface area contributed by atoms with Gasteiger partial charge in [0.15, 0.2) is 0 Å². The van der Waals surface area contributed by atoms with Gasteiger partial charge >= 0.3 is 0 Å². The predicted octanol–water partition coefficient (Wildman–Crippen LogP) is 3.94. The molecule has 0 aliphatic heterocycles. The number of hydrogen-bond acceptors (Lipinski definition) is 1. The summed E-state index contributed by atoms with van der Waals surface area (Å²) in [5.41, 5.74) is 0. The van der Waals surface area contributed by atoms with E-state index in [0.29, 0.717) is 0 Å². The van der Waals surface area contributed by atoms with Gasteiger partial charge in [0.25, 0.3) is 0 Å². The van der Waals surface area contributed by atoms with Crippen molar-refractivity contribution in [2.75, 3.05) is 0 Å². The molecular weight excluding hydrogens is 172 g/mol. The van der Waals surface area contributed by atoms with Gasteiger partial charge in [-0.05, 0) is 37.6 Å². The van der Waals surface area contributed by atoms with E-state index in [1.807, 2.05) is 49.4 Å². The van der Waals surface area contributed by atoms with Crippen molar-refractivity contribution in [1.29, 1.82) is 0 Å². The summed E-state index contributed by atoms with van der Waals surface area (Å²) in [6, 6.07) is 9.80. The summed E-state index contributed by atoms with van der Waals surface area (Å²) in [6.07, 6.45) is 7.06. The van der Waals surface area contributed by atoms with E-state index in [1.165, 1.54) is 0 Å². The topological polar surface area (TPSA) is 9.23 Å². The van der Waals surface area contributed by atoms with E-state index >= 15 is 0 Å². The SMILES string of the molecule is C/C=C(\C=C/CC)Oc1ccccc1. The smallest absolute Gasteiger partial charge is 0.127 e. The minimum absolute atomic E-state index is 0.876. The minimum atomic E-state index is 0.876. The van der Waals surface area contributed by atoms with Crippen LogP contribution >= 0.6 is 0 Å². The van der Waals surface area contributed by atoms with Crippen LogP contribution in [0.2, 0.25) is 0 Å². The Bertz CT molecular complexity index is 309. The van der Waals surface area contributed by atoms with Crippen molar-refractivity contribution >= 4 is 0 Å². The van der Waals surface area contributed by atoms with Gasteiger partial charge in [-0.2, -0.15) is 0 Å². The lowest BCUT2D eigenvalue weighted by molar-refractivity contribution is 0.443. The molecule has 0 N–H and O–H groups in total. The third kappa shape index (κ3) is 3.48. The van der Waals surface area contributed by atoms with E-state index < -0.39 is 0 Å². The summed E-state index contributed by atoms with van der Waals surface area (Å²) in [7, 11) is 0. The third-order valence-electron chi connectivity index (χ3n) is 1.78. The molecule has 0 spiro atoms. The largest absolute Gasteiger partial charge is 0.458 e. The summed E-state index contributed by atoms with van der Waals surface area (Å²) in [5.74, 6) is 1.76. The predicted molar refractivity (Wildman–Crippen MR) is 60.3 cm³/mol. The molecule has 0 radical (unpaired) electrons. The zero-order chi connectivity index (χ0) is 10.2. The molecule has 1 aromatic rings. The fourth-order valence-electron chi connectivity index (χ4n) is 1.05. The second kappa shape index (κ2) is 6.03. The molecule has 0 atom stereocenters. The Morgan fingerprint density at radius 3 is 2.57 bits per heavy atom. The van der Waals surface area contributed by atoms with E-state index in [0.717, 1.165) is 17.9 Å². The Hall–Kier alpha value is -1.50. The number of para-hydroxylation sites is 1. The quantitative estimate of drug-likeness (QED) is 0.513. The summed E-state index contributed by atoms with van der Waals surface area (Å²) in [5, 5.41) is 0. The van der Waals surface area contributed by atoms with Crippen LogP contribution in [0.4, 0.5) is 0 Å². The summed E-state index contributed by atoms with van der Waals surface area (Å²) >= 11 is 0. The van der Waals surface area contributed by atoms with Crippen LogP contribution in [0.3, 0.4) is 0 Å². The second-order valence-electron chi connectivity index (χ2n) is 2.92. The number of ether oxygens (including phenoxy) is 1. The number of hydrogen-bond donors (Lipinski definition) is 0. The van der Waals surface area contributed by atoms with Gasteiger partial charge in [-0.25, -0.2) is 0 Å². The Labute approximate surface area is 85.7 Å². The molecule has 14 heavy (non-hydrogen) atoms. The minimum Gasteiger partial charge on any atom is -0.458 e. The lowest BCUT2D eigenvalue weighted by atomic mass is 10.3. The van der Waals surface area contributed by atoms with Crippen LogP contribution in [-0.2, 0) is 0 Å². The van der Waals surface area contributed by atoms with Crippen molar-refractivity contribution in [1.82, 2.24) is 0 Å². The van der Waals surface area contributed by atoms with E-state index in [2.05, 4.69) is 13.0 Å². The average Bonchev–Trinajstić information content (AvgIpc) is 2.25. The van der Waals surface area contributed by atoms with Crippen LogP contribution in [0.5, 0.6) is 5.75 Å². The van der Waals surface area contributed by atoms with Crippen molar-refractivity contribution in [2.45, 2.75) is 20.3 Å². The van der Waals surface area contributed by atoms with E-state index in [1.54, 1.807) is 0 Å². The first kappa shape index (κ1) is 10.6. The van der Waals surface area contributed by atoms with Crippen molar-refractivity contribution in [3.63, 3.8) is 0 Å². The molecule has 74 valence electrons. The van der Waals surface area contributed by atoms with Crippen molar-refractivity contribution < 1.29 is 4.74 Å². The molecule has 0 saturated carbocycles. The van der Waals surface area contributed by atoms with E-state index in [4.69, 9.17) is 4.74 Å². The maximum atomic E-state index is 5.64. The summed E-state index contributed by atoms with van der Waals surface area (Å²) < 4.78 is 5.64. The first-order valence-corrected chi connectivity index (χ1v) is 4.92. The summed E-state index contributed by atoms with van der Waals surface area (Å²) in [4.78, 5) is 0. The first-order chi connectivity index (χ1) is 6.86. The monoisotopic (exact) mass is 188 g/mol. The molecule has 1 nitrogen and oxygen atoms in total. The van der Waals surface area contributed by atoms with Crippen molar-refractivity contribution in [2.24, 2.45) is 0 Å². The summed E-state index contributed by atoms with van der Waals surface area (Å²) in [6.45, 7) is 4.07. The highest BCUT2D eigenvalue weighted by molar-refractivity contribution is 5.26. The lowest BCUT2D eigenvalue weighted by Gasteiger charge is -2.04. The molecule has 0 saturated heterocycles. The lowest BCUT2D eigenvalue weighted by Crippen LogP contribution is -1.90. The van der Waals surface area contributed by atoms with Gasteiger partial charge < -0.3 is 4.74 Å². The molecule has 1 aromatic carbocycles. The van der Waals surface area contributed by atoms with Crippen molar-refractivity contribution in [3.05, 3.63) is 54.3 Å². The molecule has 0 fully saturated rings. The van der Waals surface area contributed by atoms with Crippen LogP contribution in [0.15, 0.2) is 54.3 Å². The van der Waals surface area contributed by atoms with Gasteiger partial charge in [0.2, 0.25) is 0 Å². The second-order valence-corrected chi connectivity index (χ2v) is 2.92. The highest BCUT2D eigenvalue weighted by Crippen LogP contribution is 2.13. The van der Waals surface area contributed by atoms with Crippen LogP contribution < -0.4 is 4.74 Å². The normalized spacial score (nSPS) is 12.0. The Balaban J connectivity index is 2.63. The van der Waals surface area contributed by atoms with Crippen LogP contribution in [0, 0.1) is 0 Å². The highest BCUT2D eigenvalue weighted by Gasteiger charge is 1.93. The maximum Gasteiger partial charge on any atom is 0.127 e. The zero-order valence-corrected chi connectivity index (χ0v) is 8.73. The van der Waals surface area contributed by atoms with Crippen LogP contribution in [0.25, 0.3) is 0 Å². The zero-order valence-electron chi connectivity index (χ0n) is 8.73. The average molecular weight is 188 g/mol. The Morgan fingerprint density at radius 1 is 1.29 bits per heavy atom. The van der Waals surface area contributed by atoms with E-state index in [9.17, 15) is 0 Å². The van der Waals surface area contributed by atoms with Crippen LogP contribution in [-0.4, -0.2) is 0 Å². The molecule has 1 rings (SSSR count). The molecule has 0 aromatic heterocycles. The standard InChI is InChI=1S/C13H16O/c1-3-5-9-12(4-2)14-13-10-7-6-8-11-13/h4-11H,3H2,1-2H3/b9-5-,12-4+. The molecular formula is C13H16O. The van der Waals surface area contributed by atoms with Gasteiger partial charge in [-0.3, -0.25) is 0 Å². The van der Waals surface area contributed by atoms with Gasteiger partial charge in [-0.15, -0.1) is 0 Å². The molecule has 0 bridgehead atoms. The number of benzene rings is 1. The van der Waals surface area contributed by atoms with Gasteiger partial charge in [-0.1, -0.05) is 31.2 Å². The molecule has 0 amide bonds. The Morgan fingerprint density at radius 2 is 2.00 bits per heavy atom. The fraction of sp³-hybridized carbons (Fsp3) is 0.231. The van der Waals surface area contributed by atoms with Gasteiger partial charge in [0, 0.05) is 0 Å². The van der Waals surface area contributed by atoms with Crippen LogP contribution in [0.1, 0.15) is 20.3 Å². The number of rotatable bonds is 4. The molecule has 0 aliphatic carbocycles. The molecule has 0 unspecified atom stereocenters. The number of allylic oxidation sites excluding steroid dienone is 3. The Kier molecular flexibility index (Phi) is 4.56. The van der Waals surface area contributed by atoms with E-state index in [-0.39, 0.29) is 0 Å². The third-order valence-corrected chi connectivity index (χ3v) is 1.78. The van der Waals surface area contributed by atoms with Gasteiger partial charge in [0.05, 0.1) is 0 Å². The van der Waals surface area contributed by atoms with Crippen molar-refractivity contribution in [3.8, 4) is 5.75 Å². The fourth-order valence-corrected chi connectivity index (χ4v) is 1.05. The molecule has 0 heterocycles.